The van der Waals surface area contributed by atoms with Crippen molar-refractivity contribution in [3.05, 3.63) is 98.8 Å². The van der Waals surface area contributed by atoms with Crippen LogP contribution < -0.4 is 10.6 Å². The van der Waals surface area contributed by atoms with Gasteiger partial charge in [0, 0.05) is 39.2 Å². The quantitative estimate of drug-likeness (QED) is 0.487. The van der Waals surface area contributed by atoms with E-state index in [1.54, 1.807) is 36.4 Å². The summed E-state index contributed by atoms with van der Waals surface area (Å²) in [5.74, 6) is 0.639. The smallest absolute Gasteiger partial charge is 0.238 e. The van der Waals surface area contributed by atoms with E-state index in [0.717, 1.165) is 0 Å². The molecule has 0 aromatic heterocycles. The molecule has 3 aromatic rings. The first-order valence-corrected chi connectivity index (χ1v) is 11.0. The molecule has 33 heavy (non-hydrogen) atoms. The summed E-state index contributed by atoms with van der Waals surface area (Å²) in [6, 6.07) is 15.3. The zero-order valence-electron chi connectivity index (χ0n) is 17.2. The van der Waals surface area contributed by atoms with Gasteiger partial charge in [0.15, 0.2) is 0 Å². The molecule has 3 atom stereocenters. The SMILES string of the molecule is C#Cc1ccc(F)c([C@H]2NC(=O)C[C@@H](c3cccc(Cl)c3)[C@]23C(=O)Nc2cc(Cl)ccc23)c1. The first-order valence-electron chi connectivity index (χ1n) is 10.3. The van der Waals surface area contributed by atoms with Crippen LogP contribution in [0, 0.1) is 18.2 Å². The van der Waals surface area contributed by atoms with Crippen LogP contribution in [0.15, 0.2) is 60.7 Å². The van der Waals surface area contributed by atoms with Crippen molar-refractivity contribution in [2.75, 3.05) is 5.32 Å². The number of piperidine rings is 1. The Hall–Kier alpha value is -3.33. The second-order valence-electron chi connectivity index (χ2n) is 8.21. The number of benzene rings is 3. The predicted molar refractivity (Wildman–Crippen MR) is 126 cm³/mol. The monoisotopic (exact) mass is 478 g/mol. The first-order chi connectivity index (χ1) is 15.8. The van der Waals surface area contributed by atoms with Crippen molar-refractivity contribution >= 4 is 40.7 Å². The highest BCUT2D eigenvalue weighted by molar-refractivity contribution is 6.31. The third-order valence-corrected chi connectivity index (χ3v) is 6.95. The van der Waals surface area contributed by atoms with Crippen molar-refractivity contribution in [2.24, 2.45) is 0 Å². The first kappa shape index (κ1) is 21.5. The third kappa shape index (κ3) is 3.30. The summed E-state index contributed by atoms with van der Waals surface area (Å²) in [6.07, 6.45) is 5.57. The lowest BCUT2D eigenvalue weighted by Gasteiger charge is -2.46. The van der Waals surface area contributed by atoms with Crippen LogP contribution in [0.5, 0.6) is 0 Å². The fraction of sp³-hybridized carbons (Fsp3) is 0.154. The van der Waals surface area contributed by atoms with E-state index < -0.39 is 23.2 Å². The lowest BCUT2D eigenvalue weighted by molar-refractivity contribution is -0.131. The van der Waals surface area contributed by atoms with Crippen LogP contribution in [0.4, 0.5) is 10.1 Å². The average molecular weight is 479 g/mol. The molecule has 0 bridgehead atoms. The van der Waals surface area contributed by atoms with E-state index in [1.807, 2.05) is 6.07 Å². The van der Waals surface area contributed by atoms with Gasteiger partial charge >= 0.3 is 0 Å². The van der Waals surface area contributed by atoms with E-state index in [0.29, 0.717) is 32.4 Å². The summed E-state index contributed by atoms with van der Waals surface area (Å²) in [7, 11) is 0. The Kier molecular flexibility index (Phi) is 5.16. The number of rotatable bonds is 2. The summed E-state index contributed by atoms with van der Waals surface area (Å²) >= 11 is 12.5. The van der Waals surface area contributed by atoms with Crippen molar-refractivity contribution in [1.82, 2.24) is 5.32 Å². The Morgan fingerprint density at radius 2 is 1.82 bits per heavy atom. The van der Waals surface area contributed by atoms with Crippen LogP contribution in [-0.4, -0.2) is 11.8 Å². The molecule has 0 unspecified atom stereocenters. The summed E-state index contributed by atoms with van der Waals surface area (Å²) < 4.78 is 15.2. The molecule has 164 valence electrons. The van der Waals surface area contributed by atoms with Gasteiger partial charge in [0.1, 0.15) is 11.2 Å². The van der Waals surface area contributed by atoms with Gasteiger partial charge in [-0.25, -0.2) is 4.39 Å². The molecule has 0 radical (unpaired) electrons. The number of anilines is 1. The molecule has 1 fully saturated rings. The Balaban J connectivity index is 1.84. The van der Waals surface area contributed by atoms with Crippen molar-refractivity contribution in [1.29, 1.82) is 0 Å². The Morgan fingerprint density at radius 3 is 2.58 bits per heavy atom. The van der Waals surface area contributed by atoms with Gasteiger partial charge in [-0.2, -0.15) is 0 Å². The molecule has 1 saturated heterocycles. The molecule has 1 spiro atoms. The van der Waals surface area contributed by atoms with E-state index in [4.69, 9.17) is 29.6 Å². The third-order valence-electron chi connectivity index (χ3n) is 6.48. The molecule has 3 aromatic carbocycles. The highest BCUT2D eigenvalue weighted by atomic mass is 35.5. The highest BCUT2D eigenvalue weighted by Gasteiger charge is 2.61. The van der Waals surface area contributed by atoms with E-state index in [-0.39, 0.29) is 23.8 Å². The van der Waals surface area contributed by atoms with E-state index >= 15 is 4.39 Å². The van der Waals surface area contributed by atoms with Gasteiger partial charge in [-0.3, -0.25) is 9.59 Å². The Morgan fingerprint density at radius 1 is 1.03 bits per heavy atom. The minimum atomic E-state index is -1.35. The molecule has 0 saturated carbocycles. The van der Waals surface area contributed by atoms with Crippen LogP contribution in [0.2, 0.25) is 10.0 Å². The Bertz CT molecular complexity index is 1370. The second-order valence-corrected chi connectivity index (χ2v) is 9.08. The van der Waals surface area contributed by atoms with E-state index in [2.05, 4.69) is 16.6 Å². The van der Waals surface area contributed by atoms with Crippen molar-refractivity contribution < 1.29 is 14.0 Å². The molecule has 2 amide bonds. The molecule has 7 heteroatoms. The topological polar surface area (TPSA) is 58.2 Å². The fourth-order valence-electron chi connectivity index (χ4n) is 5.12. The molecule has 2 N–H and O–H groups in total. The van der Waals surface area contributed by atoms with Gasteiger partial charge in [0.25, 0.3) is 0 Å². The maximum atomic E-state index is 15.2. The lowest BCUT2D eigenvalue weighted by atomic mass is 9.59. The summed E-state index contributed by atoms with van der Waals surface area (Å²) in [5.41, 5.74) is 1.08. The van der Waals surface area contributed by atoms with Crippen molar-refractivity contribution in [3.63, 3.8) is 0 Å². The molecular formula is C26H17Cl2FN2O2. The lowest BCUT2D eigenvalue weighted by Crippen LogP contribution is -2.57. The Labute approximate surface area is 200 Å². The average Bonchev–Trinajstić information content (AvgIpc) is 3.07. The number of carbonyl (C=O) groups is 2. The number of carbonyl (C=O) groups excluding carboxylic acids is 2. The minimum Gasteiger partial charge on any atom is -0.348 e. The molecule has 2 aliphatic heterocycles. The van der Waals surface area contributed by atoms with Crippen LogP contribution in [-0.2, 0) is 15.0 Å². The number of hydrogen-bond acceptors (Lipinski definition) is 2. The predicted octanol–water partition coefficient (Wildman–Crippen LogP) is 5.35. The zero-order valence-corrected chi connectivity index (χ0v) is 18.7. The normalized spacial score (nSPS) is 23.6. The second kappa shape index (κ2) is 7.91. The van der Waals surface area contributed by atoms with Crippen LogP contribution in [0.1, 0.15) is 40.6 Å². The van der Waals surface area contributed by atoms with Gasteiger partial charge in [-0.05, 0) is 53.6 Å². The van der Waals surface area contributed by atoms with Gasteiger partial charge < -0.3 is 10.6 Å². The van der Waals surface area contributed by atoms with Crippen molar-refractivity contribution in [2.45, 2.75) is 23.8 Å². The number of fused-ring (bicyclic) bond motifs is 2. The summed E-state index contributed by atoms with van der Waals surface area (Å²) in [5, 5.41) is 6.71. The molecule has 2 aliphatic rings. The van der Waals surface area contributed by atoms with Crippen LogP contribution in [0.25, 0.3) is 0 Å². The number of halogens is 3. The molecule has 2 heterocycles. The summed E-state index contributed by atoms with van der Waals surface area (Å²) in [4.78, 5) is 26.8. The largest absolute Gasteiger partial charge is 0.348 e. The standard InChI is InChI=1S/C26H17Cl2FN2O2/c1-2-14-6-9-21(29)18(10-14)24-26(19-8-7-17(28)12-22(19)30-25(26)33)20(13-23(32)31-24)15-4-3-5-16(27)11-15/h1,3-12,20,24H,13H2,(H,30,33)(H,31,32)/t20-,24+,26-/m0/s1. The molecule has 5 rings (SSSR count). The zero-order chi connectivity index (χ0) is 23.3. The number of nitrogens with one attached hydrogen (secondary N) is 2. The van der Waals surface area contributed by atoms with E-state index in [9.17, 15) is 9.59 Å². The minimum absolute atomic E-state index is 0.0166. The van der Waals surface area contributed by atoms with Crippen LogP contribution >= 0.6 is 23.2 Å². The maximum absolute atomic E-state index is 15.2. The van der Waals surface area contributed by atoms with Gasteiger partial charge in [0.2, 0.25) is 11.8 Å². The number of hydrogen-bond donors (Lipinski definition) is 2. The van der Waals surface area contributed by atoms with Gasteiger partial charge in [-0.15, -0.1) is 6.42 Å². The molecular weight excluding hydrogens is 462 g/mol. The van der Waals surface area contributed by atoms with Gasteiger partial charge in [-0.1, -0.05) is 47.3 Å². The molecule has 0 aliphatic carbocycles. The number of terminal acetylenes is 1. The van der Waals surface area contributed by atoms with E-state index in [1.165, 1.54) is 18.2 Å². The highest BCUT2D eigenvalue weighted by Crippen LogP contribution is 2.57. The van der Waals surface area contributed by atoms with Crippen molar-refractivity contribution in [3.8, 4) is 12.3 Å². The van der Waals surface area contributed by atoms with Gasteiger partial charge in [0.05, 0.1) is 6.04 Å². The maximum Gasteiger partial charge on any atom is 0.238 e. The van der Waals surface area contributed by atoms with Crippen LogP contribution in [0.3, 0.4) is 0 Å². The fourth-order valence-corrected chi connectivity index (χ4v) is 5.50. The molecule has 4 nitrogen and oxygen atoms in total. The number of amides is 2. The summed E-state index contributed by atoms with van der Waals surface area (Å²) in [6.45, 7) is 0.